The molecule has 3 heterocycles. The first-order chi connectivity index (χ1) is 15.0. The van der Waals surface area contributed by atoms with E-state index >= 15 is 0 Å². The number of hydrogen-bond donors (Lipinski definition) is 0. The van der Waals surface area contributed by atoms with E-state index in [4.69, 9.17) is 9.73 Å². The number of amidine groups is 2. The van der Waals surface area contributed by atoms with Gasteiger partial charge in [-0.2, -0.15) is 0 Å². The molecular weight excluding hydrogens is 396 g/mol. The molecule has 0 spiro atoms. The summed E-state index contributed by atoms with van der Waals surface area (Å²) in [6.45, 7) is 8.00. The maximum Gasteiger partial charge on any atom is 0.333 e. The Balaban J connectivity index is 1.50. The lowest BCUT2D eigenvalue weighted by molar-refractivity contribution is -0.539. The number of para-hydroxylation sites is 1. The first-order valence-electron chi connectivity index (χ1n) is 10.9. The van der Waals surface area contributed by atoms with Crippen LogP contribution in [0.1, 0.15) is 6.92 Å². The molecule has 3 amide bonds. The summed E-state index contributed by atoms with van der Waals surface area (Å²) in [6.07, 6.45) is 0. The van der Waals surface area contributed by atoms with Gasteiger partial charge in [-0.25, -0.2) is 9.37 Å². The highest BCUT2D eigenvalue weighted by Gasteiger charge is 2.53. The second kappa shape index (κ2) is 9.15. The fraction of sp³-hybridized carbons (Fsp3) is 0.545. The number of benzene rings is 1. The number of amides is 3. The van der Waals surface area contributed by atoms with Gasteiger partial charge in [0.1, 0.15) is 13.1 Å². The average Bonchev–Trinajstić information content (AvgIpc) is 3.15. The van der Waals surface area contributed by atoms with Crippen LogP contribution in [0.5, 0.6) is 0 Å². The molecule has 1 atom stereocenters. The Kier molecular flexibility index (Phi) is 6.33. The summed E-state index contributed by atoms with van der Waals surface area (Å²) in [4.78, 5) is 37.5. The molecule has 9 nitrogen and oxygen atoms in total. The van der Waals surface area contributed by atoms with E-state index in [0.29, 0.717) is 32.1 Å². The van der Waals surface area contributed by atoms with Crippen molar-refractivity contribution in [3.8, 4) is 0 Å². The monoisotopic (exact) mass is 427 g/mol. The van der Waals surface area contributed by atoms with Crippen LogP contribution >= 0.6 is 0 Å². The molecule has 1 unspecified atom stereocenters. The van der Waals surface area contributed by atoms with Gasteiger partial charge in [-0.05, 0) is 24.0 Å². The van der Waals surface area contributed by atoms with E-state index in [9.17, 15) is 9.59 Å². The Morgan fingerprint density at radius 3 is 2.45 bits per heavy atom. The van der Waals surface area contributed by atoms with Crippen LogP contribution in [-0.2, 0) is 9.53 Å². The van der Waals surface area contributed by atoms with E-state index in [-0.39, 0.29) is 11.9 Å². The van der Waals surface area contributed by atoms with Crippen LogP contribution in [0.15, 0.2) is 35.3 Å². The minimum absolute atomic E-state index is 0.234. The van der Waals surface area contributed by atoms with Crippen LogP contribution in [0.25, 0.3) is 0 Å². The lowest BCUT2D eigenvalue weighted by Crippen LogP contribution is -2.61. The Bertz CT molecular complexity index is 892. The van der Waals surface area contributed by atoms with E-state index in [1.54, 1.807) is 7.05 Å². The van der Waals surface area contributed by atoms with Crippen LogP contribution < -0.4 is 4.90 Å². The number of imide groups is 1. The maximum absolute atomic E-state index is 12.9. The summed E-state index contributed by atoms with van der Waals surface area (Å²) < 4.78 is 7.57. The summed E-state index contributed by atoms with van der Waals surface area (Å²) in [6, 6.07) is 9.54. The van der Waals surface area contributed by atoms with Crippen LogP contribution in [0.4, 0.5) is 10.5 Å². The first-order valence-corrected chi connectivity index (χ1v) is 10.9. The number of fused-ring (bicyclic) bond motifs is 1. The molecule has 2 saturated heterocycles. The minimum atomic E-state index is -0.561. The number of urea groups is 1. The van der Waals surface area contributed by atoms with Crippen molar-refractivity contribution in [2.24, 2.45) is 4.99 Å². The average molecular weight is 428 g/mol. The summed E-state index contributed by atoms with van der Waals surface area (Å²) >= 11 is 0. The number of carbonyl (C=O) groups is 2. The van der Waals surface area contributed by atoms with Crippen molar-refractivity contribution < 1.29 is 18.9 Å². The molecule has 0 aromatic heterocycles. The number of piperazine rings is 1. The van der Waals surface area contributed by atoms with Crippen LogP contribution in [0.2, 0.25) is 0 Å². The van der Waals surface area contributed by atoms with Gasteiger partial charge in [-0.3, -0.25) is 19.5 Å². The molecule has 3 aliphatic rings. The molecule has 31 heavy (non-hydrogen) atoms. The zero-order valence-corrected chi connectivity index (χ0v) is 18.5. The third-order valence-corrected chi connectivity index (χ3v) is 6.15. The van der Waals surface area contributed by atoms with E-state index in [2.05, 4.69) is 34.1 Å². The number of anilines is 1. The van der Waals surface area contributed by atoms with Gasteiger partial charge in [-0.1, -0.05) is 18.2 Å². The highest BCUT2D eigenvalue weighted by molar-refractivity contribution is 6.23. The topological polar surface area (TPSA) is 71.7 Å². The Morgan fingerprint density at radius 1 is 1.06 bits per heavy atom. The zero-order valence-electron chi connectivity index (χ0n) is 18.5. The molecule has 0 saturated carbocycles. The molecule has 0 radical (unpaired) electrons. The second-order valence-corrected chi connectivity index (χ2v) is 8.02. The van der Waals surface area contributed by atoms with Crippen molar-refractivity contribution in [1.29, 1.82) is 0 Å². The number of aliphatic imine (C=N–C) groups is 1. The number of hydrogen-bond acceptors (Lipinski definition) is 6. The second-order valence-electron chi connectivity index (χ2n) is 8.02. The number of nitrogens with zero attached hydrogens (tertiary/aromatic N) is 6. The van der Waals surface area contributed by atoms with Gasteiger partial charge >= 0.3 is 11.9 Å². The Labute approximate surface area is 183 Å². The predicted octanol–water partition coefficient (Wildman–Crippen LogP) is 0.561. The molecule has 0 bridgehead atoms. The summed E-state index contributed by atoms with van der Waals surface area (Å²) in [5, 5.41) is 0. The fourth-order valence-corrected chi connectivity index (χ4v) is 4.34. The first kappa shape index (κ1) is 21.5. The number of likely N-dealkylation sites (N-methyl/N-ethyl adjacent to an activating group) is 2. The van der Waals surface area contributed by atoms with Gasteiger partial charge in [0.05, 0.1) is 6.61 Å². The van der Waals surface area contributed by atoms with Gasteiger partial charge < -0.3 is 9.64 Å². The molecule has 0 N–H and O–H groups in total. The van der Waals surface area contributed by atoms with Crippen molar-refractivity contribution in [2.45, 2.75) is 13.0 Å². The third-order valence-electron chi connectivity index (χ3n) is 6.15. The predicted molar refractivity (Wildman–Crippen MR) is 119 cm³/mol. The van der Waals surface area contributed by atoms with E-state index < -0.39 is 6.04 Å². The molecule has 9 heteroatoms. The van der Waals surface area contributed by atoms with Crippen LogP contribution in [-0.4, -0.2) is 116 Å². The third kappa shape index (κ3) is 4.20. The lowest BCUT2D eigenvalue weighted by atomic mass is 10.1. The molecule has 1 aromatic rings. The molecule has 2 fully saturated rings. The van der Waals surface area contributed by atoms with Crippen LogP contribution in [0, 0.1) is 0 Å². The quantitative estimate of drug-likeness (QED) is 0.470. The number of carbonyl (C=O) groups excluding carboxylic acids is 2. The molecule has 3 aliphatic heterocycles. The standard InChI is InChI=1S/C22H31N6O3/c1-4-31-15-14-28-18(23-20-19(28)21(29)25(3)22(30)24(20)2)16-26-10-12-27(13-11-26)17-8-6-5-7-9-17/h5-9,19H,4,10-16H2,1-3H3/q+1. The number of rotatable bonds is 7. The lowest BCUT2D eigenvalue weighted by Gasteiger charge is -2.35. The van der Waals surface area contributed by atoms with Crippen molar-refractivity contribution >= 4 is 29.3 Å². The van der Waals surface area contributed by atoms with Gasteiger partial charge in [-0.15, -0.1) is 0 Å². The van der Waals surface area contributed by atoms with Crippen molar-refractivity contribution in [3.05, 3.63) is 30.3 Å². The summed E-state index contributed by atoms with van der Waals surface area (Å²) in [5.74, 6) is 1.11. The highest BCUT2D eigenvalue weighted by Crippen LogP contribution is 2.20. The minimum Gasteiger partial charge on any atom is -0.378 e. The molecule has 4 rings (SSSR count). The summed E-state index contributed by atoms with van der Waals surface area (Å²) in [7, 11) is 3.21. The van der Waals surface area contributed by atoms with Gasteiger partial charge in [0, 0.05) is 52.6 Å². The van der Waals surface area contributed by atoms with E-state index in [0.717, 1.165) is 32.0 Å². The van der Waals surface area contributed by atoms with E-state index in [1.165, 1.54) is 22.5 Å². The van der Waals surface area contributed by atoms with Gasteiger partial charge in [0.2, 0.25) is 0 Å². The Morgan fingerprint density at radius 2 is 1.77 bits per heavy atom. The van der Waals surface area contributed by atoms with Gasteiger partial charge in [0.15, 0.2) is 0 Å². The van der Waals surface area contributed by atoms with E-state index in [1.807, 2.05) is 17.6 Å². The normalized spacial score (nSPS) is 22.4. The summed E-state index contributed by atoms with van der Waals surface area (Å²) in [5.41, 5.74) is 1.24. The smallest absolute Gasteiger partial charge is 0.333 e. The van der Waals surface area contributed by atoms with Crippen LogP contribution in [0.3, 0.4) is 0 Å². The number of ether oxygens (including phenoxy) is 1. The molecule has 1 aromatic carbocycles. The highest BCUT2D eigenvalue weighted by atomic mass is 16.5. The molecule has 0 aliphatic carbocycles. The molecular formula is C22H31N6O3+. The van der Waals surface area contributed by atoms with Crippen molar-refractivity contribution in [2.75, 3.05) is 71.5 Å². The SMILES string of the molecule is CCOCC[N+]1=C(CN2CCN(c3ccccc3)CC2)N=C2C1C(=O)N(C)C(=O)N2C. The molecule has 166 valence electrons. The van der Waals surface area contributed by atoms with Gasteiger partial charge in [0.25, 0.3) is 17.8 Å². The Hall–Kier alpha value is -2.78. The van der Waals surface area contributed by atoms with Crippen molar-refractivity contribution in [1.82, 2.24) is 14.7 Å². The fourth-order valence-electron chi connectivity index (χ4n) is 4.34. The van der Waals surface area contributed by atoms with Crippen molar-refractivity contribution in [3.63, 3.8) is 0 Å². The largest absolute Gasteiger partial charge is 0.378 e. The zero-order chi connectivity index (χ0) is 22.0. The maximum atomic E-state index is 12.9.